The number of aromatic nitrogens is 13. The lowest BCUT2D eigenvalue weighted by atomic mass is 10.1. The molecule has 0 N–H and O–H groups in total. The van der Waals surface area contributed by atoms with Crippen molar-refractivity contribution in [3.8, 4) is 33.9 Å². The van der Waals surface area contributed by atoms with Gasteiger partial charge in [-0.2, -0.15) is 0 Å². The summed E-state index contributed by atoms with van der Waals surface area (Å²) in [4.78, 5) is 37.9. The van der Waals surface area contributed by atoms with E-state index in [1.807, 2.05) is 150 Å². The first-order valence-electron chi connectivity index (χ1n) is 25.9. The van der Waals surface area contributed by atoms with E-state index in [0.29, 0.717) is 10.3 Å². The maximum Gasteiger partial charge on any atom is 0.223 e. The molecule has 10 aromatic heterocycles. The number of benzene rings is 6. The van der Waals surface area contributed by atoms with Gasteiger partial charge in [-0.05, 0) is 136 Å². The van der Waals surface area contributed by atoms with Gasteiger partial charge < -0.3 is 18.3 Å². The zero-order valence-electron chi connectivity index (χ0n) is 43.9. The molecule has 0 saturated carbocycles. The highest BCUT2D eigenvalue weighted by Crippen LogP contribution is 2.28. The minimum absolute atomic E-state index is 0.268. The van der Waals surface area contributed by atoms with Crippen LogP contribution in [0.4, 0.5) is 0 Å². The monoisotopic (exact) mass is 1210 g/mol. The van der Waals surface area contributed by atoms with Crippen molar-refractivity contribution < 1.29 is 0 Å². The molecule has 0 atom stereocenters. The first-order valence-corrected chi connectivity index (χ1v) is 28.7. The standard InChI is InChI=1S/C18H12ClN3.C16H10ClN3.C13H9ClN2.C12H8ClN3.C6H3ClN2S/c19-18-20-12-17-16(21-18)10-11-22(17)15-8-6-14(7-9-15)13-4-2-1-3-5-13;17-16-18-10-15-13(19-16)8-9-20(15)14-7-3-5-11-4-1-2-6-12(11)14;14-13-8-10-6-7-16(12(10)9-15-13)11-4-2-1-3-5-11;13-12-14-8-11-10(15-12)6-7-16(11)9-4-2-1-3-5-9;7-5-3-8-4-1-2-10-6(4)9-5/h1-12H;1-10H;1-9H;1-8H;1-3H. The summed E-state index contributed by atoms with van der Waals surface area (Å²) in [6, 6.07) is 65.2. The SMILES string of the molecule is Clc1cc2ccn(-c3ccccc3)c2cn1.Clc1cnc2ccsc2n1.Clc1ncc2c(ccn2-c2ccc(-c3ccccc3)cc2)n1.Clc1ncc2c(ccn2-c2cccc3ccccc23)n1.Clc1ncc2c(ccn2-c2ccccc2)n1. The van der Waals surface area contributed by atoms with Gasteiger partial charge in [0.1, 0.15) is 15.1 Å². The molecule has 0 spiro atoms. The Morgan fingerprint density at radius 1 is 0.321 bits per heavy atom. The van der Waals surface area contributed by atoms with Crippen LogP contribution >= 0.6 is 69.3 Å². The van der Waals surface area contributed by atoms with Crippen molar-refractivity contribution in [2.45, 2.75) is 0 Å². The van der Waals surface area contributed by atoms with Crippen LogP contribution in [0.15, 0.2) is 255 Å². The highest BCUT2D eigenvalue weighted by Gasteiger charge is 2.11. The average molecular weight is 1210 g/mol. The van der Waals surface area contributed by atoms with Crippen LogP contribution in [0.5, 0.6) is 0 Å². The van der Waals surface area contributed by atoms with Gasteiger partial charge in [0.2, 0.25) is 15.9 Å². The summed E-state index contributed by atoms with van der Waals surface area (Å²) in [5, 5.41) is 7.25. The maximum absolute atomic E-state index is 5.85. The maximum atomic E-state index is 5.85. The molecule has 408 valence electrons. The molecule has 16 aromatic rings. The second kappa shape index (κ2) is 25.4. The molecule has 10 heterocycles. The zero-order chi connectivity index (χ0) is 57.4. The van der Waals surface area contributed by atoms with Crippen molar-refractivity contribution in [1.82, 2.24) is 63.1 Å². The van der Waals surface area contributed by atoms with Crippen molar-refractivity contribution in [3.63, 3.8) is 0 Å². The molecule has 0 amide bonds. The summed E-state index contributed by atoms with van der Waals surface area (Å²) in [5.74, 6) is 0. The zero-order valence-corrected chi connectivity index (χ0v) is 48.5. The van der Waals surface area contributed by atoms with E-state index in [4.69, 9.17) is 58.0 Å². The molecule has 0 radical (unpaired) electrons. The fourth-order valence-electron chi connectivity index (χ4n) is 9.36. The smallest absolute Gasteiger partial charge is 0.223 e. The van der Waals surface area contributed by atoms with Gasteiger partial charge in [0, 0.05) is 52.6 Å². The Bertz CT molecular complexity index is 4760. The lowest BCUT2D eigenvalue weighted by molar-refractivity contribution is 1.11. The third-order valence-corrected chi connectivity index (χ3v) is 15.0. The highest BCUT2D eigenvalue weighted by molar-refractivity contribution is 7.16. The van der Waals surface area contributed by atoms with Crippen LogP contribution in [-0.2, 0) is 0 Å². The number of rotatable bonds is 5. The Kier molecular flexibility index (Phi) is 16.7. The molecular formula is C65H42Cl5N13S. The molecule has 16 rings (SSSR count). The Morgan fingerprint density at radius 2 is 0.798 bits per heavy atom. The fraction of sp³-hybridized carbons (Fsp3) is 0. The second-order valence-corrected chi connectivity index (χ2v) is 21.1. The first-order chi connectivity index (χ1) is 41.2. The van der Waals surface area contributed by atoms with Crippen LogP contribution in [0.3, 0.4) is 0 Å². The molecule has 0 saturated heterocycles. The lowest BCUT2D eigenvalue weighted by Gasteiger charge is -2.09. The van der Waals surface area contributed by atoms with E-state index in [9.17, 15) is 0 Å². The first kappa shape index (κ1) is 55.2. The molecule has 0 bridgehead atoms. The van der Waals surface area contributed by atoms with Crippen molar-refractivity contribution in [1.29, 1.82) is 0 Å². The van der Waals surface area contributed by atoms with Crippen molar-refractivity contribution >= 4 is 134 Å². The minimum atomic E-state index is 0.268. The van der Waals surface area contributed by atoms with Crippen molar-refractivity contribution in [3.05, 3.63) is 281 Å². The van der Waals surface area contributed by atoms with Gasteiger partial charge >= 0.3 is 0 Å². The van der Waals surface area contributed by atoms with E-state index < -0.39 is 0 Å². The van der Waals surface area contributed by atoms with Crippen LogP contribution in [0, 0.1) is 0 Å². The minimum Gasteiger partial charge on any atom is -0.315 e. The Hall–Kier alpha value is -9.38. The predicted molar refractivity (Wildman–Crippen MR) is 343 cm³/mol. The summed E-state index contributed by atoms with van der Waals surface area (Å²) in [5.41, 5.74) is 14.2. The molecule has 0 aliphatic heterocycles. The number of hydrogen-bond donors (Lipinski definition) is 0. The van der Waals surface area contributed by atoms with Gasteiger partial charge in [0.05, 0.1) is 80.8 Å². The lowest BCUT2D eigenvalue weighted by Crippen LogP contribution is -1.94. The molecule has 19 heteroatoms. The summed E-state index contributed by atoms with van der Waals surface area (Å²) in [6.07, 6.45) is 16.6. The quantitative estimate of drug-likeness (QED) is 0.122. The third kappa shape index (κ3) is 12.5. The van der Waals surface area contributed by atoms with Crippen LogP contribution in [0.25, 0.3) is 99.0 Å². The number of halogens is 5. The van der Waals surface area contributed by atoms with Gasteiger partial charge in [-0.3, -0.25) is 4.98 Å². The molecule has 0 unspecified atom stereocenters. The molecule has 6 aromatic carbocycles. The molecule has 84 heavy (non-hydrogen) atoms. The van der Waals surface area contributed by atoms with E-state index in [-0.39, 0.29) is 15.9 Å². The number of thiophene rings is 1. The van der Waals surface area contributed by atoms with Gasteiger partial charge in [0.25, 0.3) is 0 Å². The van der Waals surface area contributed by atoms with Crippen molar-refractivity contribution in [2.24, 2.45) is 0 Å². The number of nitrogens with zero attached hydrogens (tertiary/aromatic N) is 13. The highest BCUT2D eigenvalue weighted by atomic mass is 35.5. The molecule has 13 nitrogen and oxygen atoms in total. The fourth-order valence-corrected chi connectivity index (χ4v) is 10.8. The van der Waals surface area contributed by atoms with Crippen LogP contribution < -0.4 is 0 Å². The Balaban J connectivity index is 0.000000105. The van der Waals surface area contributed by atoms with Crippen molar-refractivity contribution in [2.75, 3.05) is 0 Å². The topological polar surface area (TPSA) is 136 Å². The number of pyridine rings is 1. The number of fused-ring (bicyclic) bond motifs is 6. The summed E-state index contributed by atoms with van der Waals surface area (Å²) >= 11 is 30.4. The normalized spacial score (nSPS) is 10.9. The molecule has 0 aliphatic rings. The van der Waals surface area contributed by atoms with E-state index in [0.717, 1.165) is 77.1 Å². The molecule has 0 aliphatic carbocycles. The third-order valence-electron chi connectivity index (χ3n) is 13.3. The summed E-state index contributed by atoms with van der Waals surface area (Å²) in [7, 11) is 0. The van der Waals surface area contributed by atoms with E-state index in [2.05, 4.69) is 137 Å². The second-order valence-electron chi connectivity index (χ2n) is 18.4. The Morgan fingerprint density at radius 3 is 1.40 bits per heavy atom. The van der Waals surface area contributed by atoms with E-state index in [1.165, 1.54) is 21.9 Å². The Labute approximate surface area is 509 Å². The van der Waals surface area contributed by atoms with E-state index in [1.54, 1.807) is 42.3 Å². The molecule has 0 fully saturated rings. The summed E-state index contributed by atoms with van der Waals surface area (Å²) < 4.78 is 8.28. The average Bonchev–Trinajstić information content (AvgIpc) is 4.45. The predicted octanol–water partition coefficient (Wildman–Crippen LogP) is 18.1. The number of hydrogen-bond acceptors (Lipinski definition) is 10. The van der Waals surface area contributed by atoms with Crippen LogP contribution in [0.2, 0.25) is 26.2 Å². The number of para-hydroxylation sites is 2. The van der Waals surface area contributed by atoms with Gasteiger partial charge in [-0.15, -0.1) is 11.3 Å². The van der Waals surface area contributed by atoms with Gasteiger partial charge in [-0.1, -0.05) is 138 Å². The van der Waals surface area contributed by atoms with Crippen LogP contribution in [0.1, 0.15) is 0 Å². The van der Waals surface area contributed by atoms with Gasteiger partial charge in [-0.25, -0.2) is 39.9 Å². The van der Waals surface area contributed by atoms with E-state index >= 15 is 0 Å². The summed E-state index contributed by atoms with van der Waals surface area (Å²) in [6.45, 7) is 0. The largest absolute Gasteiger partial charge is 0.315 e. The molecular weight excluding hydrogens is 1170 g/mol. The van der Waals surface area contributed by atoms with Gasteiger partial charge in [0.15, 0.2) is 0 Å². The van der Waals surface area contributed by atoms with Crippen LogP contribution in [-0.4, -0.2) is 63.1 Å².